The van der Waals surface area contributed by atoms with Gasteiger partial charge in [0.15, 0.2) is 6.10 Å². The number of aliphatic hydroxyl groups excluding tert-OH is 1. The highest BCUT2D eigenvalue weighted by Gasteiger charge is 2.17. The van der Waals surface area contributed by atoms with Crippen molar-refractivity contribution in [2.75, 3.05) is 13.7 Å². The Morgan fingerprint density at radius 3 is 2.65 bits per heavy atom. The number of nitrogens with zero attached hydrogens (tertiary/aromatic N) is 1. The van der Waals surface area contributed by atoms with E-state index in [0.29, 0.717) is 17.0 Å². The van der Waals surface area contributed by atoms with Crippen molar-refractivity contribution in [3.63, 3.8) is 0 Å². The molecule has 0 saturated carbocycles. The number of nitrogens with one attached hydrogen (secondary N) is 2. The van der Waals surface area contributed by atoms with Crippen LogP contribution in [0.4, 0.5) is 0 Å². The SMILES string of the molecule is COC(=O)C(O)CNC(=O)Cc1c(C)nc(=O)[nH]c1C. The van der Waals surface area contributed by atoms with E-state index in [1.807, 2.05) is 0 Å². The number of aliphatic hydroxyl groups is 1. The van der Waals surface area contributed by atoms with Crippen LogP contribution in [0.5, 0.6) is 0 Å². The lowest BCUT2D eigenvalue weighted by Crippen LogP contribution is -2.38. The molecule has 1 aromatic rings. The van der Waals surface area contributed by atoms with Crippen LogP contribution in [0.3, 0.4) is 0 Å². The van der Waals surface area contributed by atoms with Gasteiger partial charge in [-0.3, -0.25) is 4.79 Å². The third kappa shape index (κ3) is 4.16. The molecular formula is C12H17N3O5. The molecule has 3 N–H and O–H groups in total. The van der Waals surface area contributed by atoms with Crippen molar-refractivity contribution in [3.8, 4) is 0 Å². The van der Waals surface area contributed by atoms with Gasteiger partial charge in [-0.1, -0.05) is 0 Å². The number of aromatic nitrogens is 2. The first-order valence-corrected chi connectivity index (χ1v) is 5.94. The topological polar surface area (TPSA) is 121 Å². The van der Waals surface area contributed by atoms with Crippen molar-refractivity contribution < 1.29 is 19.4 Å². The lowest BCUT2D eigenvalue weighted by Gasteiger charge is -2.11. The number of aromatic amines is 1. The number of methoxy groups -OCH3 is 1. The highest BCUT2D eigenvalue weighted by Crippen LogP contribution is 2.07. The summed E-state index contributed by atoms with van der Waals surface area (Å²) < 4.78 is 4.32. The molecule has 1 rings (SSSR count). The molecule has 20 heavy (non-hydrogen) atoms. The van der Waals surface area contributed by atoms with Crippen molar-refractivity contribution in [2.24, 2.45) is 0 Å². The number of hydrogen-bond donors (Lipinski definition) is 3. The average Bonchev–Trinajstić information content (AvgIpc) is 2.39. The number of aryl methyl sites for hydroxylation is 2. The van der Waals surface area contributed by atoms with E-state index in [9.17, 15) is 19.5 Å². The molecule has 1 heterocycles. The fourth-order valence-electron chi connectivity index (χ4n) is 1.67. The minimum atomic E-state index is -1.40. The first-order chi connectivity index (χ1) is 9.35. The van der Waals surface area contributed by atoms with Gasteiger partial charge in [0.25, 0.3) is 0 Å². The highest BCUT2D eigenvalue weighted by molar-refractivity contribution is 5.80. The van der Waals surface area contributed by atoms with Gasteiger partial charge in [-0.2, -0.15) is 4.98 Å². The Kier molecular flexibility index (Phi) is 5.39. The summed E-state index contributed by atoms with van der Waals surface area (Å²) in [4.78, 5) is 40.0. The van der Waals surface area contributed by atoms with Gasteiger partial charge in [0.2, 0.25) is 5.91 Å². The van der Waals surface area contributed by atoms with E-state index in [1.54, 1.807) is 13.8 Å². The number of amides is 1. The van der Waals surface area contributed by atoms with Gasteiger partial charge >= 0.3 is 11.7 Å². The predicted octanol–water partition coefficient (Wildman–Crippen LogP) is -1.42. The Balaban J connectivity index is 2.64. The van der Waals surface area contributed by atoms with Gasteiger partial charge in [0.1, 0.15) is 0 Å². The van der Waals surface area contributed by atoms with E-state index >= 15 is 0 Å². The van der Waals surface area contributed by atoms with E-state index in [0.717, 1.165) is 7.11 Å². The Morgan fingerprint density at radius 1 is 1.45 bits per heavy atom. The molecule has 1 atom stereocenters. The molecule has 0 bridgehead atoms. The first-order valence-electron chi connectivity index (χ1n) is 5.94. The minimum Gasteiger partial charge on any atom is -0.467 e. The molecular weight excluding hydrogens is 266 g/mol. The molecule has 0 radical (unpaired) electrons. The van der Waals surface area contributed by atoms with Crippen LogP contribution in [0, 0.1) is 13.8 Å². The quantitative estimate of drug-likeness (QED) is 0.570. The Labute approximate surface area is 115 Å². The average molecular weight is 283 g/mol. The zero-order valence-electron chi connectivity index (χ0n) is 11.5. The summed E-state index contributed by atoms with van der Waals surface area (Å²) in [5.74, 6) is -1.21. The van der Waals surface area contributed by atoms with Gasteiger partial charge in [0.05, 0.1) is 20.1 Å². The molecule has 0 fully saturated rings. The molecule has 0 saturated heterocycles. The predicted molar refractivity (Wildman–Crippen MR) is 69.1 cm³/mol. The number of ether oxygens (including phenoxy) is 1. The van der Waals surface area contributed by atoms with Crippen molar-refractivity contribution in [3.05, 3.63) is 27.4 Å². The largest absolute Gasteiger partial charge is 0.467 e. The van der Waals surface area contributed by atoms with Crippen molar-refractivity contribution in [2.45, 2.75) is 26.4 Å². The molecule has 0 aliphatic rings. The fraction of sp³-hybridized carbons (Fsp3) is 0.500. The van der Waals surface area contributed by atoms with Gasteiger partial charge < -0.3 is 20.1 Å². The molecule has 110 valence electrons. The van der Waals surface area contributed by atoms with Crippen LogP contribution in [-0.4, -0.2) is 46.7 Å². The first kappa shape index (κ1) is 15.8. The number of rotatable bonds is 5. The number of H-pyrrole nitrogens is 1. The maximum Gasteiger partial charge on any atom is 0.345 e. The third-order valence-corrected chi connectivity index (χ3v) is 2.76. The Hall–Kier alpha value is -2.22. The molecule has 0 aliphatic carbocycles. The Bertz CT molecular complexity index is 540. The Morgan fingerprint density at radius 2 is 2.10 bits per heavy atom. The second-order valence-electron chi connectivity index (χ2n) is 4.25. The maximum atomic E-state index is 11.7. The van der Waals surface area contributed by atoms with Gasteiger partial charge in [-0.25, -0.2) is 9.59 Å². The summed E-state index contributed by atoms with van der Waals surface area (Å²) in [5, 5.41) is 11.7. The fourth-order valence-corrected chi connectivity index (χ4v) is 1.67. The second-order valence-corrected chi connectivity index (χ2v) is 4.25. The van der Waals surface area contributed by atoms with Crippen LogP contribution < -0.4 is 11.0 Å². The number of hydrogen-bond acceptors (Lipinski definition) is 6. The third-order valence-electron chi connectivity index (χ3n) is 2.76. The van der Waals surface area contributed by atoms with Crippen molar-refractivity contribution in [1.29, 1.82) is 0 Å². The highest BCUT2D eigenvalue weighted by atomic mass is 16.5. The van der Waals surface area contributed by atoms with E-state index in [-0.39, 0.29) is 13.0 Å². The van der Waals surface area contributed by atoms with Crippen molar-refractivity contribution in [1.82, 2.24) is 15.3 Å². The van der Waals surface area contributed by atoms with E-state index in [4.69, 9.17) is 0 Å². The zero-order valence-corrected chi connectivity index (χ0v) is 11.5. The second kappa shape index (κ2) is 6.80. The number of carbonyl (C=O) groups excluding carboxylic acids is 2. The normalized spacial score (nSPS) is 11.8. The lowest BCUT2D eigenvalue weighted by atomic mass is 10.1. The van der Waals surface area contributed by atoms with E-state index in [2.05, 4.69) is 20.0 Å². The summed E-state index contributed by atoms with van der Waals surface area (Å²) in [6.07, 6.45) is -1.41. The van der Waals surface area contributed by atoms with Crippen LogP contribution in [0.2, 0.25) is 0 Å². The molecule has 0 aliphatic heterocycles. The minimum absolute atomic E-state index is 0.00462. The summed E-state index contributed by atoms with van der Waals surface area (Å²) in [5.41, 5.74) is 1.17. The lowest BCUT2D eigenvalue weighted by molar-refractivity contribution is -0.150. The smallest absolute Gasteiger partial charge is 0.345 e. The van der Waals surface area contributed by atoms with Gasteiger partial charge in [0, 0.05) is 17.0 Å². The number of carbonyl (C=O) groups is 2. The van der Waals surface area contributed by atoms with Crippen LogP contribution in [0.15, 0.2) is 4.79 Å². The molecule has 1 unspecified atom stereocenters. The standard InChI is InChI=1S/C12H17N3O5/c1-6-8(7(2)15-12(19)14-6)4-10(17)13-5-9(16)11(18)20-3/h9,16H,4-5H2,1-3H3,(H,13,17)(H,14,15,19). The monoisotopic (exact) mass is 283 g/mol. The van der Waals surface area contributed by atoms with Crippen LogP contribution >= 0.6 is 0 Å². The zero-order chi connectivity index (χ0) is 15.3. The van der Waals surface area contributed by atoms with E-state index < -0.39 is 23.7 Å². The molecule has 0 aromatic carbocycles. The molecule has 0 spiro atoms. The van der Waals surface area contributed by atoms with Crippen LogP contribution in [-0.2, 0) is 20.7 Å². The number of esters is 1. The summed E-state index contributed by atoms with van der Waals surface area (Å²) in [6, 6.07) is 0. The summed E-state index contributed by atoms with van der Waals surface area (Å²) in [7, 11) is 1.14. The summed E-state index contributed by atoms with van der Waals surface area (Å²) in [6.45, 7) is 3.07. The molecule has 8 heteroatoms. The van der Waals surface area contributed by atoms with Crippen molar-refractivity contribution >= 4 is 11.9 Å². The molecule has 1 aromatic heterocycles. The van der Waals surface area contributed by atoms with Gasteiger partial charge in [-0.05, 0) is 13.8 Å². The summed E-state index contributed by atoms with van der Waals surface area (Å²) >= 11 is 0. The molecule has 8 nitrogen and oxygen atoms in total. The van der Waals surface area contributed by atoms with Crippen LogP contribution in [0.25, 0.3) is 0 Å². The molecule has 1 amide bonds. The van der Waals surface area contributed by atoms with E-state index in [1.165, 1.54) is 0 Å². The van der Waals surface area contributed by atoms with Crippen LogP contribution in [0.1, 0.15) is 17.0 Å². The van der Waals surface area contributed by atoms with Gasteiger partial charge in [-0.15, -0.1) is 0 Å². The maximum absolute atomic E-state index is 11.7.